The van der Waals surface area contributed by atoms with Crippen LogP contribution in [0.3, 0.4) is 0 Å². The van der Waals surface area contributed by atoms with Crippen molar-refractivity contribution >= 4 is 23.1 Å². The number of hydrogen-bond donors (Lipinski definition) is 0. The van der Waals surface area contributed by atoms with Crippen LogP contribution in [0.15, 0.2) is 73.1 Å². The van der Waals surface area contributed by atoms with Crippen molar-refractivity contribution in [3.8, 4) is 5.95 Å². The number of nitrogens with zero attached hydrogens (tertiary/aromatic N) is 3. The van der Waals surface area contributed by atoms with Crippen molar-refractivity contribution in [3.63, 3.8) is 0 Å². The lowest BCUT2D eigenvalue weighted by atomic mass is 10.1. The monoisotopic (exact) mass is 311 g/mol. The number of aryl methyl sites for hydroxylation is 1. The van der Waals surface area contributed by atoms with Crippen molar-refractivity contribution < 1.29 is 0 Å². The van der Waals surface area contributed by atoms with Crippen LogP contribution >= 0.6 is 0 Å². The summed E-state index contributed by atoms with van der Waals surface area (Å²) in [6.07, 6.45) is 7.77. The number of rotatable bonds is 3. The van der Waals surface area contributed by atoms with Gasteiger partial charge in [-0.15, -0.1) is 0 Å². The van der Waals surface area contributed by atoms with Crippen molar-refractivity contribution in [2.75, 3.05) is 0 Å². The van der Waals surface area contributed by atoms with E-state index in [9.17, 15) is 0 Å². The first-order valence-corrected chi connectivity index (χ1v) is 7.94. The SMILES string of the molecule is Cc1ccc(/C=C/c2cc3ccccc3n2-c2ncccn2)cc1. The van der Waals surface area contributed by atoms with E-state index in [1.54, 1.807) is 12.4 Å². The van der Waals surface area contributed by atoms with Crippen LogP contribution in [0.1, 0.15) is 16.8 Å². The van der Waals surface area contributed by atoms with Gasteiger partial charge in [0.05, 0.1) is 5.52 Å². The molecule has 0 radical (unpaired) electrons. The molecular formula is C21H17N3. The highest BCUT2D eigenvalue weighted by Crippen LogP contribution is 2.24. The minimum atomic E-state index is 0.683. The minimum Gasteiger partial charge on any atom is -0.279 e. The summed E-state index contributed by atoms with van der Waals surface area (Å²) in [5, 5.41) is 1.17. The van der Waals surface area contributed by atoms with Gasteiger partial charge in [0.25, 0.3) is 0 Å². The minimum absolute atomic E-state index is 0.683. The van der Waals surface area contributed by atoms with Crippen LogP contribution in [0.25, 0.3) is 29.0 Å². The van der Waals surface area contributed by atoms with Gasteiger partial charge in [-0.3, -0.25) is 4.57 Å². The average Bonchev–Trinajstić information content (AvgIpc) is 3.00. The molecule has 2 heterocycles. The number of benzene rings is 2. The van der Waals surface area contributed by atoms with Crippen LogP contribution in [0.2, 0.25) is 0 Å². The summed E-state index contributed by atoms with van der Waals surface area (Å²) in [7, 11) is 0. The molecule has 0 amide bonds. The Morgan fingerprint density at radius 1 is 0.833 bits per heavy atom. The number of hydrogen-bond acceptors (Lipinski definition) is 2. The molecule has 4 rings (SSSR count). The molecule has 0 atom stereocenters. The molecule has 116 valence electrons. The molecule has 0 fully saturated rings. The summed E-state index contributed by atoms with van der Waals surface area (Å²) in [4.78, 5) is 8.83. The van der Waals surface area contributed by atoms with Gasteiger partial charge in [-0.25, -0.2) is 9.97 Å². The zero-order valence-electron chi connectivity index (χ0n) is 13.4. The van der Waals surface area contributed by atoms with Crippen LogP contribution in [0.4, 0.5) is 0 Å². The molecule has 0 bridgehead atoms. The highest BCUT2D eigenvalue weighted by molar-refractivity contribution is 5.86. The summed E-state index contributed by atoms with van der Waals surface area (Å²) in [6, 6.07) is 20.8. The molecule has 0 spiro atoms. The molecule has 4 aromatic rings. The smallest absolute Gasteiger partial charge is 0.234 e. The van der Waals surface area contributed by atoms with Gasteiger partial charge in [0.2, 0.25) is 5.95 Å². The molecule has 2 aromatic carbocycles. The van der Waals surface area contributed by atoms with Gasteiger partial charge in [0, 0.05) is 23.5 Å². The molecular weight excluding hydrogens is 294 g/mol. The van der Waals surface area contributed by atoms with E-state index in [4.69, 9.17) is 0 Å². The second-order valence-corrected chi connectivity index (χ2v) is 5.76. The third kappa shape index (κ3) is 2.72. The highest BCUT2D eigenvalue weighted by atomic mass is 15.1. The lowest BCUT2D eigenvalue weighted by Crippen LogP contribution is -2.01. The van der Waals surface area contributed by atoms with E-state index < -0.39 is 0 Å². The van der Waals surface area contributed by atoms with Crippen molar-refractivity contribution in [1.29, 1.82) is 0 Å². The van der Waals surface area contributed by atoms with E-state index >= 15 is 0 Å². The van der Waals surface area contributed by atoms with E-state index in [1.807, 2.05) is 18.2 Å². The summed E-state index contributed by atoms with van der Waals surface area (Å²) in [5.74, 6) is 0.683. The summed E-state index contributed by atoms with van der Waals surface area (Å²) in [6.45, 7) is 2.10. The molecule has 3 heteroatoms. The Bertz CT molecular complexity index is 996. The zero-order chi connectivity index (χ0) is 16.4. The fraction of sp³-hybridized carbons (Fsp3) is 0.0476. The largest absolute Gasteiger partial charge is 0.279 e. The fourth-order valence-corrected chi connectivity index (χ4v) is 2.79. The Labute approximate surface area is 140 Å². The molecule has 3 nitrogen and oxygen atoms in total. The maximum atomic E-state index is 4.42. The topological polar surface area (TPSA) is 30.7 Å². The van der Waals surface area contributed by atoms with Crippen molar-refractivity contribution in [2.45, 2.75) is 6.92 Å². The molecule has 2 aromatic heterocycles. The van der Waals surface area contributed by atoms with Gasteiger partial charge in [0.1, 0.15) is 0 Å². The predicted octanol–water partition coefficient (Wildman–Crippen LogP) is 4.90. The lowest BCUT2D eigenvalue weighted by molar-refractivity contribution is 0.953. The average molecular weight is 311 g/mol. The third-order valence-electron chi connectivity index (χ3n) is 4.02. The van der Waals surface area contributed by atoms with Gasteiger partial charge >= 0.3 is 0 Å². The van der Waals surface area contributed by atoms with Crippen molar-refractivity contribution in [1.82, 2.24) is 14.5 Å². The van der Waals surface area contributed by atoms with Gasteiger partial charge in [-0.2, -0.15) is 0 Å². The Kier molecular flexibility index (Phi) is 3.67. The predicted molar refractivity (Wildman–Crippen MR) is 99.0 cm³/mol. The van der Waals surface area contributed by atoms with Crippen molar-refractivity contribution in [3.05, 3.63) is 89.9 Å². The van der Waals surface area contributed by atoms with E-state index in [0.29, 0.717) is 5.95 Å². The zero-order valence-corrected chi connectivity index (χ0v) is 13.4. The van der Waals surface area contributed by atoms with E-state index in [0.717, 1.165) is 11.2 Å². The third-order valence-corrected chi connectivity index (χ3v) is 4.02. The van der Waals surface area contributed by atoms with Crippen LogP contribution in [-0.2, 0) is 0 Å². The molecule has 0 aliphatic carbocycles. The molecule has 0 aliphatic heterocycles. The van der Waals surface area contributed by atoms with Gasteiger partial charge in [-0.1, -0.05) is 54.1 Å². The summed E-state index contributed by atoms with van der Waals surface area (Å²) >= 11 is 0. The Morgan fingerprint density at radius 2 is 1.58 bits per heavy atom. The fourth-order valence-electron chi connectivity index (χ4n) is 2.79. The van der Waals surface area contributed by atoms with Crippen molar-refractivity contribution in [2.24, 2.45) is 0 Å². The number of fused-ring (bicyclic) bond motifs is 1. The number of para-hydroxylation sites is 1. The maximum Gasteiger partial charge on any atom is 0.234 e. The molecule has 0 unspecified atom stereocenters. The Hall–Kier alpha value is -3.20. The Balaban J connectivity index is 1.84. The first-order chi connectivity index (χ1) is 11.8. The summed E-state index contributed by atoms with van der Waals surface area (Å²) in [5.41, 5.74) is 4.60. The van der Waals surface area contributed by atoms with Crippen LogP contribution in [0.5, 0.6) is 0 Å². The first kappa shape index (κ1) is 14.4. The second kappa shape index (κ2) is 6.13. The van der Waals surface area contributed by atoms with Gasteiger partial charge in [0.15, 0.2) is 0 Å². The number of aromatic nitrogens is 3. The maximum absolute atomic E-state index is 4.42. The molecule has 0 aliphatic rings. The lowest BCUT2D eigenvalue weighted by Gasteiger charge is -2.06. The van der Waals surface area contributed by atoms with Gasteiger partial charge < -0.3 is 0 Å². The van der Waals surface area contributed by atoms with E-state index in [2.05, 4.69) is 76.1 Å². The standard InChI is InChI=1S/C21H17N3/c1-16-7-9-17(10-8-16)11-12-19-15-18-5-2-3-6-20(18)24(19)21-22-13-4-14-23-21/h2-15H,1H3/b12-11+. The quantitative estimate of drug-likeness (QED) is 0.539. The highest BCUT2D eigenvalue weighted by Gasteiger charge is 2.09. The molecule has 0 saturated heterocycles. The molecule has 0 saturated carbocycles. The van der Waals surface area contributed by atoms with Crippen LogP contribution < -0.4 is 0 Å². The van der Waals surface area contributed by atoms with Gasteiger partial charge in [-0.05, 0) is 36.8 Å². The summed E-state index contributed by atoms with van der Waals surface area (Å²) < 4.78 is 2.08. The molecule has 0 N–H and O–H groups in total. The van der Waals surface area contributed by atoms with Crippen LogP contribution in [0, 0.1) is 6.92 Å². The normalized spacial score (nSPS) is 11.4. The molecule has 24 heavy (non-hydrogen) atoms. The Morgan fingerprint density at radius 3 is 2.38 bits per heavy atom. The van der Waals surface area contributed by atoms with E-state index in [1.165, 1.54) is 16.5 Å². The van der Waals surface area contributed by atoms with Crippen LogP contribution in [-0.4, -0.2) is 14.5 Å². The first-order valence-electron chi connectivity index (χ1n) is 7.94. The second-order valence-electron chi connectivity index (χ2n) is 5.76. The van der Waals surface area contributed by atoms with E-state index in [-0.39, 0.29) is 0 Å².